The summed E-state index contributed by atoms with van der Waals surface area (Å²) in [4.78, 5) is 54.8. The van der Waals surface area contributed by atoms with E-state index in [4.69, 9.17) is 18.9 Å². The number of carbonyl (C=O) groups excluding carboxylic acids is 4. The van der Waals surface area contributed by atoms with Crippen molar-refractivity contribution in [1.82, 2.24) is 9.80 Å². The minimum Gasteiger partial charge on any atom is -0.467 e. The molecule has 2 fully saturated rings. The molecule has 2 aliphatic rings. The highest BCUT2D eigenvalue weighted by atomic mass is 16.6. The molecule has 0 radical (unpaired) electrons. The van der Waals surface area contributed by atoms with Gasteiger partial charge in [-0.3, -0.25) is 9.80 Å². The highest BCUT2D eigenvalue weighted by Gasteiger charge is 2.64. The van der Waals surface area contributed by atoms with Gasteiger partial charge in [-0.1, -0.05) is 6.92 Å². The summed E-state index contributed by atoms with van der Waals surface area (Å²) in [5.41, 5.74) is -2.95. The molecule has 0 saturated carbocycles. The smallest absolute Gasteiger partial charge is 0.411 e. The average molecular weight is 471 g/mol. The van der Waals surface area contributed by atoms with Crippen LogP contribution in [0, 0.1) is 11.8 Å². The van der Waals surface area contributed by atoms with E-state index in [9.17, 15) is 19.2 Å². The van der Waals surface area contributed by atoms with E-state index in [1.165, 1.54) is 24.0 Å². The fourth-order valence-electron chi connectivity index (χ4n) is 4.85. The topological polar surface area (TPSA) is 112 Å². The molecular weight excluding hydrogens is 432 g/mol. The minimum atomic E-state index is -1.40. The number of hydrogen-bond donors (Lipinski definition) is 0. The number of rotatable bonds is 3. The van der Waals surface area contributed by atoms with Crippen molar-refractivity contribution in [2.24, 2.45) is 11.8 Å². The van der Waals surface area contributed by atoms with E-state index in [0.29, 0.717) is 6.42 Å². The van der Waals surface area contributed by atoms with Crippen LogP contribution in [0.5, 0.6) is 0 Å². The maximum atomic E-state index is 13.3. The van der Waals surface area contributed by atoms with Crippen LogP contribution in [0.4, 0.5) is 9.59 Å². The summed E-state index contributed by atoms with van der Waals surface area (Å²) in [6.07, 6.45) is -0.664. The van der Waals surface area contributed by atoms with Crippen LogP contribution in [-0.2, 0) is 28.5 Å². The number of nitrogens with zero attached hydrogens (tertiary/aromatic N) is 2. The van der Waals surface area contributed by atoms with Crippen LogP contribution >= 0.6 is 0 Å². The number of ether oxygens (including phenoxy) is 4. The average Bonchev–Trinajstić information content (AvgIpc) is 3.26. The number of esters is 2. The van der Waals surface area contributed by atoms with Gasteiger partial charge in [-0.05, 0) is 60.3 Å². The quantitative estimate of drug-likeness (QED) is 0.457. The second-order valence-electron chi connectivity index (χ2n) is 10.7. The first-order valence-electron chi connectivity index (χ1n) is 11.2. The molecule has 0 unspecified atom stereocenters. The van der Waals surface area contributed by atoms with Crippen LogP contribution in [0.2, 0.25) is 0 Å². The Kier molecular flexibility index (Phi) is 7.60. The lowest BCUT2D eigenvalue weighted by Crippen LogP contribution is -2.62. The van der Waals surface area contributed by atoms with Crippen molar-refractivity contribution in [1.29, 1.82) is 0 Å². The molecule has 4 atom stereocenters. The third kappa shape index (κ3) is 5.35. The summed E-state index contributed by atoms with van der Waals surface area (Å²) in [5, 5.41) is 0. The van der Waals surface area contributed by atoms with E-state index in [0.717, 1.165) is 0 Å². The molecule has 2 amide bonds. The molecule has 10 nitrogen and oxygen atoms in total. The molecule has 188 valence electrons. The Bertz CT molecular complexity index is 784. The van der Waals surface area contributed by atoms with Crippen molar-refractivity contribution in [3.8, 4) is 0 Å². The van der Waals surface area contributed by atoms with Crippen LogP contribution in [-0.4, -0.2) is 84.0 Å². The van der Waals surface area contributed by atoms with Crippen molar-refractivity contribution in [2.45, 2.75) is 84.1 Å². The normalized spacial score (nSPS) is 27.8. The van der Waals surface area contributed by atoms with Crippen LogP contribution in [0.15, 0.2) is 0 Å². The molecule has 10 heteroatoms. The molecule has 2 rings (SSSR count). The Morgan fingerprint density at radius 1 is 0.879 bits per heavy atom. The molecule has 0 aromatic carbocycles. The zero-order valence-corrected chi connectivity index (χ0v) is 21.2. The Labute approximate surface area is 195 Å². The van der Waals surface area contributed by atoms with Gasteiger partial charge in [0, 0.05) is 19.0 Å². The van der Waals surface area contributed by atoms with Gasteiger partial charge in [0.1, 0.15) is 17.2 Å². The summed E-state index contributed by atoms with van der Waals surface area (Å²) < 4.78 is 21.2. The first-order chi connectivity index (χ1) is 15.1. The molecule has 33 heavy (non-hydrogen) atoms. The van der Waals surface area contributed by atoms with Crippen LogP contribution < -0.4 is 0 Å². The van der Waals surface area contributed by atoms with E-state index in [2.05, 4.69) is 0 Å². The summed E-state index contributed by atoms with van der Waals surface area (Å²) in [5.74, 6) is -2.10. The lowest BCUT2D eigenvalue weighted by atomic mass is 9.74. The fourth-order valence-corrected chi connectivity index (χ4v) is 4.85. The molecule has 0 bridgehead atoms. The summed E-state index contributed by atoms with van der Waals surface area (Å²) in [7, 11) is 2.50. The van der Waals surface area contributed by atoms with Crippen molar-refractivity contribution in [3.63, 3.8) is 0 Å². The van der Waals surface area contributed by atoms with E-state index >= 15 is 0 Å². The standard InChI is InChI=1S/C23H38N2O8/c1-14-10-11-25(20(29)33-22(5,6)7)23(14,18(27)31-9)15-12-16(17(26)30-8)24(13-15)19(28)32-21(2,3)4/h14-16H,10-13H2,1-9H3/t14-,15-,16-,23+/m1/s1. The molecule has 2 heterocycles. The highest BCUT2D eigenvalue weighted by molar-refractivity contribution is 5.89. The van der Waals surface area contributed by atoms with Gasteiger partial charge in [-0.15, -0.1) is 0 Å². The number of likely N-dealkylation sites (tertiary alicyclic amines) is 2. The number of hydrogen-bond acceptors (Lipinski definition) is 8. The molecule has 2 saturated heterocycles. The van der Waals surface area contributed by atoms with Crippen molar-refractivity contribution in [2.75, 3.05) is 27.3 Å². The molecule has 0 spiro atoms. The first-order valence-corrected chi connectivity index (χ1v) is 11.2. The van der Waals surface area contributed by atoms with Gasteiger partial charge in [0.15, 0.2) is 5.54 Å². The van der Waals surface area contributed by atoms with Crippen LogP contribution in [0.3, 0.4) is 0 Å². The molecule has 0 aliphatic carbocycles. The van der Waals surface area contributed by atoms with E-state index in [-0.39, 0.29) is 25.4 Å². The lowest BCUT2D eigenvalue weighted by molar-refractivity contribution is -0.159. The second kappa shape index (κ2) is 9.38. The molecular formula is C23H38N2O8. The van der Waals surface area contributed by atoms with Gasteiger partial charge in [-0.25, -0.2) is 19.2 Å². The van der Waals surface area contributed by atoms with Gasteiger partial charge in [-0.2, -0.15) is 0 Å². The van der Waals surface area contributed by atoms with Crippen molar-refractivity contribution >= 4 is 24.1 Å². The SMILES string of the molecule is COC(=O)[C@H]1C[C@@H]([C@]2(C(=O)OC)[C@H](C)CCN2C(=O)OC(C)(C)C)CN1C(=O)OC(C)(C)C. The van der Waals surface area contributed by atoms with Gasteiger partial charge >= 0.3 is 24.1 Å². The molecule has 2 aliphatic heterocycles. The van der Waals surface area contributed by atoms with Crippen molar-refractivity contribution < 1.29 is 38.1 Å². The predicted octanol–water partition coefficient (Wildman–Crippen LogP) is 2.97. The second-order valence-corrected chi connectivity index (χ2v) is 10.7. The third-order valence-electron chi connectivity index (χ3n) is 6.13. The molecule has 0 N–H and O–H groups in total. The van der Waals surface area contributed by atoms with Gasteiger partial charge in [0.05, 0.1) is 14.2 Å². The van der Waals surface area contributed by atoms with E-state index in [1.54, 1.807) is 41.5 Å². The van der Waals surface area contributed by atoms with Crippen LogP contribution in [0.1, 0.15) is 61.3 Å². The Hall–Kier alpha value is -2.52. The maximum absolute atomic E-state index is 13.3. The van der Waals surface area contributed by atoms with Gasteiger partial charge in [0.25, 0.3) is 0 Å². The van der Waals surface area contributed by atoms with Gasteiger partial charge in [0.2, 0.25) is 0 Å². The van der Waals surface area contributed by atoms with E-state index in [1.807, 2.05) is 6.92 Å². The van der Waals surface area contributed by atoms with Crippen molar-refractivity contribution in [3.05, 3.63) is 0 Å². The summed E-state index contributed by atoms with van der Waals surface area (Å²) >= 11 is 0. The van der Waals surface area contributed by atoms with Gasteiger partial charge < -0.3 is 18.9 Å². The Balaban J connectivity index is 2.52. The monoisotopic (exact) mass is 470 g/mol. The number of amides is 2. The summed E-state index contributed by atoms with van der Waals surface area (Å²) in [6.45, 7) is 12.6. The minimum absolute atomic E-state index is 0.0212. The van der Waals surface area contributed by atoms with Crippen LogP contribution in [0.25, 0.3) is 0 Å². The zero-order chi connectivity index (χ0) is 25.4. The highest BCUT2D eigenvalue weighted by Crippen LogP contribution is 2.47. The van der Waals surface area contributed by atoms with E-state index < -0.39 is 52.8 Å². The zero-order valence-electron chi connectivity index (χ0n) is 21.2. The Morgan fingerprint density at radius 3 is 1.91 bits per heavy atom. The first kappa shape index (κ1) is 26.7. The fraction of sp³-hybridized carbons (Fsp3) is 0.826. The lowest BCUT2D eigenvalue weighted by Gasteiger charge is -2.43. The predicted molar refractivity (Wildman–Crippen MR) is 118 cm³/mol. The number of carbonyl (C=O) groups is 4. The summed E-state index contributed by atoms with van der Waals surface area (Å²) in [6, 6.07) is -0.954. The third-order valence-corrected chi connectivity index (χ3v) is 6.13. The maximum Gasteiger partial charge on any atom is 0.411 e. The Morgan fingerprint density at radius 2 is 1.42 bits per heavy atom. The molecule has 0 aromatic heterocycles. The largest absolute Gasteiger partial charge is 0.467 e. The molecule has 0 aromatic rings. The number of methoxy groups -OCH3 is 2.